The SMILES string of the molecule is COc1nc(Nc2ccc(F)cc2)cc(-c2ccccc2)n1. The molecule has 110 valence electrons. The number of rotatable bonds is 4. The van der Waals surface area contributed by atoms with Gasteiger partial charge in [-0.2, -0.15) is 9.97 Å². The molecular formula is C17H14FN3O. The second-order valence-electron chi connectivity index (χ2n) is 4.62. The van der Waals surface area contributed by atoms with Crippen LogP contribution in [0.25, 0.3) is 11.3 Å². The van der Waals surface area contributed by atoms with Crippen LogP contribution in [0, 0.1) is 5.82 Å². The van der Waals surface area contributed by atoms with Gasteiger partial charge < -0.3 is 10.1 Å². The lowest BCUT2D eigenvalue weighted by molar-refractivity contribution is 0.381. The standard InChI is InChI=1S/C17H14FN3O/c1-22-17-20-15(12-5-3-2-4-6-12)11-16(21-17)19-14-9-7-13(18)8-10-14/h2-11H,1H3,(H,19,20,21). The van der Waals surface area contributed by atoms with Crippen molar-refractivity contribution >= 4 is 11.5 Å². The van der Waals surface area contributed by atoms with Crippen molar-refractivity contribution in [2.24, 2.45) is 0 Å². The van der Waals surface area contributed by atoms with E-state index in [1.165, 1.54) is 19.2 Å². The van der Waals surface area contributed by atoms with Crippen molar-refractivity contribution in [1.82, 2.24) is 9.97 Å². The quantitative estimate of drug-likeness (QED) is 0.789. The zero-order valence-electron chi connectivity index (χ0n) is 12.0. The van der Waals surface area contributed by atoms with E-state index < -0.39 is 0 Å². The zero-order valence-corrected chi connectivity index (χ0v) is 12.0. The van der Waals surface area contributed by atoms with E-state index in [1.54, 1.807) is 12.1 Å². The van der Waals surface area contributed by atoms with Crippen LogP contribution < -0.4 is 10.1 Å². The van der Waals surface area contributed by atoms with Gasteiger partial charge in [-0.3, -0.25) is 0 Å². The highest BCUT2D eigenvalue weighted by atomic mass is 19.1. The third kappa shape index (κ3) is 3.20. The molecule has 5 heteroatoms. The van der Waals surface area contributed by atoms with Crippen molar-refractivity contribution in [1.29, 1.82) is 0 Å². The Morgan fingerprint density at radius 1 is 0.955 bits per heavy atom. The van der Waals surface area contributed by atoms with Crippen LogP contribution in [-0.2, 0) is 0 Å². The Kier molecular flexibility index (Phi) is 3.96. The molecule has 4 nitrogen and oxygen atoms in total. The topological polar surface area (TPSA) is 47.0 Å². The minimum Gasteiger partial charge on any atom is -0.467 e. The Balaban J connectivity index is 1.95. The number of nitrogens with one attached hydrogen (secondary N) is 1. The van der Waals surface area contributed by atoms with Gasteiger partial charge in [0.1, 0.15) is 11.6 Å². The van der Waals surface area contributed by atoms with Crippen LogP contribution in [0.4, 0.5) is 15.9 Å². The Bertz CT molecular complexity index is 761. The lowest BCUT2D eigenvalue weighted by Gasteiger charge is -2.09. The zero-order chi connectivity index (χ0) is 15.4. The highest BCUT2D eigenvalue weighted by Gasteiger charge is 2.07. The first kappa shape index (κ1) is 14.0. The largest absolute Gasteiger partial charge is 0.467 e. The number of benzene rings is 2. The molecule has 0 radical (unpaired) electrons. The maximum absolute atomic E-state index is 13.0. The van der Waals surface area contributed by atoms with Crippen LogP contribution in [0.1, 0.15) is 0 Å². The van der Waals surface area contributed by atoms with Gasteiger partial charge in [-0.1, -0.05) is 30.3 Å². The molecule has 22 heavy (non-hydrogen) atoms. The van der Waals surface area contributed by atoms with E-state index in [-0.39, 0.29) is 11.8 Å². The van der Waals surface area contributed by atoms with Crippen molar-refractivity contribution < 1.29 is 9.13 Å². The average Bonchev–Trinajstić information content (AvgIpc) is 2.57. The molecule has 2 aromatic carbocycles. The van der Waals surface area contributed by atoms with Crippen molar-refractivity contribution in [3.8, 4) is 17.3 Å². The van der Waals surface area contributed by atoms with Gasteiger partial charge in [-0.25, -0.2) is 4.39 Å². The molecule has 0 aliphatic heterocycles. The van der Waals surface area contributed by atoms with Crippen molar-refractivity contribution in [3.63, 3.8) is 0 Å². The second-order valence-corrected chi connectivity index (χ2v) is 4.62. The van der Waals surface area contributed by atoms with Crippen LogP contribution in [0.3, 0.4) is 0 Å². The van der Waals surface area contributed by atoms with E-state index in [9.17, 15) is 4.39 Å². The van der Waals surface area contributed by atoms with Crippen LogP contribution in [-0.4, -0.2) is 17.1 Å². The molecule has 1 N–H and O–H groups in total. The first-order chi connectivity index (χ1) is 10.7. The minimum atomic E-state index is -0.282. The summed E-state index contributed by atoms with van der Waals surface area (Å²) in [6.45, 7) is 0. The van der Waals surface area contributed by atoms with Crippen molar-refractivity contribution in [3.05, 3.63) is 66.5 Å². The predicted octanol–water partition coefficient (Wildman–Crippen LogP) is 4.03. The predicted molar refractivity (Wildman–Crippen MR) is 83.7 cm³/mol. The number of hydrogen-bond acceptors (Lipinski definition) is 4. The van der Waals surface area contributed by atoms with Crippen LogP contribution in [0.2, 0.25) is 0 Å². The van der Waals surface area contributed by atoms with E-state index in [0.29, 0.717) is 5.82 Å². The summed E-state index contributed by atoms with van der Waals surface area (Å²) in [5, 5.41) is 3.12. The number of ether oxygens (including phenoxy) is 1. The number of nitrogens with zero attached hydrogens (tertiary/aromatic N) is 2. The Labute approximate surface area is 127 Å². The molecule has 0 atom stereocenters. The van der Waals surface area contributed by atoms with Gasteiger partial charge in [0, 0.05) is 17.3 Å². The fourth-order valence-corrected chi connectivity index (χ4v) is 2.02. The van der Waals surface area contributed by atoms with Crippen molar-refractivity contribution in [2.45, 2.75) is 0 Å². The fraction of sp³-hybridized carbons (Fsp3) is 0.0588. The summed E-state index contributed by atoms with van der Waals surface area (Å²) in [5.74, 6) is 0.299. The van der Waals surface area contributed by atoms with E-state index in [0.717, 1.165) is 16.9 Å². The molecule has 1 heterocycles. The van der Waals surface area contributed by atoms with E-state index in [4.69, 9.17) is 4.74 Å². The Hall–Kier alpha value is -2.95. The third-order valence-electron chi connectivity index (χ3n) is 3.07. The van der Waals surface area contributed by atoms with Crippen LogP contribution in [0.5, 0.6) is 6.01 Å². The average molecular weight is 295 g/mol. The lowest BCUT2D eigenvalue weighted by Crippen LogP contribution is -2.00. The van der Waals surface area contributed by atoms with Gasteiger partial charge in [0.05, 0.1) is 12.8 Å². The number of methoxy groups -OCH3 is 1. The summed E-state index contributed by atoms with van der Waals surface area (Å²) in [6, 6.07) is 17.9. The molecule has 0 aliphatic carbocycles. The van der Waals surface area contributed by atoms with Crippen LogP contribution in [0.15, 0.2) is 60.7 Å². The summed E-state index contributed by atoms with van der Waals surface area (Å²) in [5.41, 5.74) is 2.45. The molecule has 3 rings (SSSR count). The highest BCUT2D eigenvalue weighted by molar-refractivity contribution is 5.65. The molecule has 0 aliphatic rings. The normalized spacial score (nSPS) is 10.3. The van der Waals surface area contributed by atoms with Gasteiger partial charge in [0.15, 0.2) is 0 Å². The molecule has 0 saturated heterocycles. The molecule has 0 spiro atoms. The molecule has 0 unspecified atom stereocenters. The molecule has 0 amide bonds. The Morgan fingerprint density at radius 3 is 2.36 bits per heavy atom. The van der Waals surface area contributed by atoms with Gasteiger partial charge in [-0.15, -0.1) is 0 Å². The summed E-state index contributed by atoms with van der Waals surface area (Å²) in [6.07, 6.45) is 0. The number of anilines is 2. The van der Waals surface area contributed by atoms with Gasteiger partial charge in [-0.05, 0) is 24.3 Å². The second kappa shape index (κ2) is 6.22. The lowest BCUT2D eigenvalue weighted by atomic mass is 10.1. The molecule has 0 bridgehead atoms. The number of hydrogen-bond donors (Lipinski definition) is 1. The highest BCUT2D eigenvalue weighted by Crippen LogP contribution is 2.24. The van der Waals surface area contributed by atoms with Crippen molar-refractivity contribution in [2.75, 3.05) is 12.4 Å². The van der Waals surface area contributed by atoms with E-state index in [1.807, 2.05) is 36.4 Å². The number of halogens is 1. The van der Waals surface area contributed by atoms with Gasteiger partial charge in [0.2, 0.25) is 0 Å². The summed E-state index contributed by atoms with van der Waals surface area (Å²) in [4.78, 5) is 8.60. The first-order valence-electron chi connectivity index (χ1n) is 6.76. The Morgan fingerprint density at radius 2 is 1.68 bits per heavy atom. The smallest absolute Gasteiger partial charge is 0.318 e. The first-order valence-corrected chi connectivity index (χ1v) is 6.76. The summed E-state index contributed by atoms with van der Waals surface area (Å²) >= 11 is 0. The monoisotopic (exact) mass is 295 g/mol. The van der Waals surface area contributed by atoms with E-state index in [2.05, 4.69) is 15.3 Å². The molecule has 0 saturated carbocycles. The molecular weight excluding hydrogens is 281 g/mol. The maximum Gasteiger partial charge on any atom is 0.318 e. The number of aromatic nitrogens is 2. The molecule has 1 aromatic heterocycles. The van der Waals surface area contributed by atoms with E-state index >= 15 is 0 Å². The minimum absolute atomic E-state index is 0.269. The molecule has 0 fully saturated rings. The van der Waals surface area contributed by atoms with Crippen LogP contribution >= 0.6 is 0 Å². The maximum atomic E-state index is 13.0. The fourth-order valence-electron chi connectivity index (χ4n) is 2.02. The van der Waals surface area contributed by atoms with Gasteiger partial charge in [0.25, 0.3) is 0 Å². The third-order valence-corrected chi connectivity index (χ3v) is 3.07. The van der Waals surface area contributed by atoms with Gasteiger partial charge >= 0.3 is 6.01 Å². The summed E-state index contributed by atoms with van der Waals surface area (Å²) in [7, 11) is 1.52. The molecule has 3 aromatic rings. The summed E-state index contributed by atoms with van der Waals surface area (Å²) < 4.78 is 18.1.